The highest BCUT2D eigenvalue weighted by Crippen LogP contribution is 2.17. The van der Waals surface area contributed by atoms with Crippen molar-refractivity contribution in [3.8, 4) is 0 Å². The van der Waals surface area contributed by atoms with Gasteiger partial charge in [0, 0.05) is 72.7 Å². The fourth-order valence-electron chi connectivity index (χ4n) is 10.4. The monoisotopic (exact) mass is 1530 g/mol. The van der Waals surface area contributed by atoms with Crippen LogP contribution in [0.1, 0.15) is 142 Å². The van der Waals surface area contributed by atoms with Crippen molar-refractivity contribution in [3.63, 3.8) is 0 Å². The molecule has 0 saturated carbocycles. The van der Waals surface area contributed by atoms with Gasteiger partial charge < -0.3 is 74.5 Å². The lowest BCUT2D eigenvalue weighted by Gasteiger charge is -2.10. The van der Waals surface area contributed by atoms with E-state index in [-0.39, 0.29) is 47.5 Å². The third-order valence-electron chi connectivity index (χ3n) is 16.1. The van der Waals surface area contributed by atoms with Gasteiger partial charge in [-0.2, -0.15) is 26.3 Å². The number of nitrogens with zero attached hydrogens (tertiary/aromatic N) is 15. The summed E-state index contributed by atoms with van der Waals surface area (Å²) in [7, 11) is 0. The minimum absolute atomic E-state index is 0.00423. The number of hydrogen-bond acceptors (Lipinski definition) is 24. The largest absolute Gasteiger partial charge is 0.739 e. The van der Waals surface area contributed by atoms with Crippen molar-refractivity contribution in [2.75, 3.05) is 85.5 Å². The second-order valence-corrected chi connectivity index (χ2v) is 24.6. The summed E-state index contributed by atoms with van der Waals surface area (Å²) in [4.78, 5) is 36.6. The van der Waals surface area contributed by atoms with E-state index in [1.54, 1.807) is 96.3 Å². The topological polar surface area (TPSA) is 462 Å². The smallest absolute Gasteiger partial charge is 0.471 e. The van der Waals surface area contributed by atoms with E-state index in [4.69, 9.17) is 11.5 Å². The number of benzene rings is 5. The number of anilines is 5. The van der Waals surface area contributed by atoms with E-state index in [0.717, 1.165) is 90.3 Å². The maximum Gasteiger partial charge on any atom is 0.471 e. The zero-order valence-corrected chi connectivity index (χ0v) is 60.6. The average molecular weight is 1530 g/mol. The molecule has 109 heavy (non-hydrogen) atoms. The summed E-state index contributed by atoms with van der Waals surface area (Å²) in [5.74, 6) is -2.91. The van der Waals surface area contributed by atoms with Crippen molar-refractivity contribution >= 4 is 96.7 Å². The number of rotatable bonds is 37. The summed E-state index contributed by atoms with van der Waals surface area (Å²) >= 11 is 0. The molecule has 10 aromatic rings. The lowest BCUT2D eigenvalue weighted by Crippen LogP contribution is -2.44. The molecule has 2 amide bonds. The molecular formula is C70H94F6N24O9. The van der Waals surface area contributed by atoms with Crippen molar-refractivity contribution in [2.45, 2.75) is 154 Å². The summed E-state index contributed by atoms with van der Waals surface area (Å²) in [6.45, 7) is 6.70. The number of amides is 2. The van der Waals surface area contributed by atoms with E-state index < -0.39 is 24.2 Å². The number of carbonyl (C=O) groups is 2. The summed E-state index contributed by atoms with van der Waals surface area (Å²) in [6, 6.07) is 34.1. The van der Waals surface area contributed by atoms with Crippen LogP contribution in [0.4, 0.5) is 56.1 Å². The first kappa shape index (κ1) is 86.4. The van der Waals surface area contributed by atoms with E-state index in [2.05, 4.69) is 74.0 Å². The first-order valence-electron chi connectivity index (χ1n) is 36.2. The molecule has 5 aromatic carbocycles. The zero-order valence-electron chi connectivity index (χ0n) is 60.6. The molecule has 0 atom stereocenters. The Morgan fingerprint density at radius 1 is 0.330 bits per heavy atom. The highest BCUT2D eigenvalue weighted by Gasteiger charge is 2.39. The number of carbonyl (C=O) groups excluding carboxylic acids is 2. The van der Waals surface area contributed by atoms with Crippen LogP contribution in [0, 0.1) is 36.5 Å². The number of unbranched alkanes of at least 4 members (excludes halogenated alkanes) is 16. The molecule has 33 nitrogen and oxygen atoms in total. The highest BCUT2D eigenvalue weighted by atomic mass is 19.4. The van der Waals surface area contributed by atoms with Crippen LogP contribution in [0.15, 0.2) is 121 Å². The Labute approximate surface area is 624 Å². The SMILES string of the molecule is CCCCCCCNc1nc2ccccc2[n+]([O-])n1.NCCCCCCNc1n[n+]([O-])c2ccccc2[n+]1[O-].NCCCCCCNc1nc2ccccc2[n+]([O-])n1.O=C(NCCCCCCNc1n[n+]([O-])c2ccccc2[n+]1[O-])C(F)(F)F.O=C(NCCCCCCNc1nc2ccccc2[n+]([O-])n1)C(F)(F)F. The van der Waals surface area contributed by atoms with Gasteiger partial charge in [0.05, 0.1) is 28.4 Å². The molecule has 0 spiro atoms. The normalized spacial score (nSPS) is 11.1. The van der Waals surface area contributed by atoms with Crippen molar-refractivity contribution in [2.24, 2.45) is 11.5 Å². The van der Waals surface area contributed by atoms with Gasteiger partial charge >= 0.3 is 36.1 Å². The molecule has 0 radical (unpaired) electrons. The number of nitrogens with two attached hydrogens (primary N) is 2. The van der Waals surface area contributed by atoms with Crippen LogP contribution in [-0.2, 0) is 9.59 Å². The Balaban J connectivity index is 0.000000214. The Hall–Kier alpha value is -11.5. The first-order chi connectivity index (χ1) is 52.5. The van der Waals surface area contributed by atoms with Gasteiger partial charge in [0.25, 0.3) is 45.4 Å². The van der Waals surface area contributed by atoms with Crippen molar-refractivity contribution in [1.82, 2.24) is 51.1 Å². The van der Waals surface area contributed by atoms with Gasteiger partial charge in [0.15, 0.2) is 11.0 Å². The molecule has 5 heterocycles. The maximum absolute atomic E-state index is 12.1. The summed E-state index contributed by atoms with van der Waals surface area (Å²) < 4.78 is 73.0. The van der Waals surface area contributed by atoms with Gasteiger partial charge in [-0.1, -0.05) is 145 Å². The number of nitrogens with one attached hydrogen (secondary N) is 7. The summed E-state index contributed by atoms with van der Waals surface area (Å²) in [5, 5.41) is 120. The second-order valence-electron chi connectivity index (χ2n) is 24.6. The lowest BCUT2D eigenvalue weighted by atomic mass is 10.1. The molecule has 0 unspecified atom stereocenters. The van der Waals surface area contributed by atoms with Gasteiger partial charge in [0.1, 0.15) is 16.6 Å². The lowest BCUT2D eigenvalue weighted by molar-refractivity contribution is -0.672. The molecule has 0 saturated heterocycles. The van der Waals surface area contributed by atoms with Crippen molar-refractivity contribution < 1.29 is 69.6 Å². The van der Waals surface area contributed by atoms with Gasteiger partial charge in [-0.05, 0) is 116 Å². The Bertz CT molecular complexity index is 4310. The highest BCUT2D eigenvalue weighted by molar-refractivity contribution is 5.82. The van der Waals surface area contributed by atoms with Crippen LogP contribution in [0.5, 0.6) is 0 Å². The van der Waals surface area contributed by atoms with Gasteiger partial charge in [-0.3, -0.25) is 20.2 Å². The molecule has 0 aliphatic carbocycles. The van der Waals surface area contributed by atoms with E-state index in [0.29, 0.717) is 149 Å². The number of hydrogen-bond donors (Lipinski definition) is 9. The van der Waals surface area contributed by atoms with Crippen LogP contribution in [0.2, 0.25) is 0 Å². The molecular weight excluding hydrogens is 1430 g/mol. The van der Waals surface area contributed by atoms with Crippen molar-refractivity contribution in [3.05, 3.63) is 158 Å². The minimum atomic E-state index is -4.86. The molecule has 0 aliphatic rings. The van der Waals surface area contributed by atoms with E-state index in [9.17, 15) is 72.4 Å². The first-order valence-corrected chi connectivity index (χ1v) is 36.2. The third kappa shape index (κ3) is 30.0. The van der Waals surface area contributed by atoms with Gasteiger partial charge in [-0.15, -0.1) is 0 Å². The Kier molecular flexibility index (Phi) is 36.9. The molecule has 11 N–H and O–H groups in total. The average Bonchev–Trinajstić information content (AvgIpc) is 0.804. The van der Waals surface area contributed by atoms with Crippen LogP contribution >= 0.6 is 0 Å². The summed E-state index contributed by atoms with van der Waals surface area (Å²) in [6.07, 6.45) is 9.74. The van der Waals surface area contributed by atoms with Gasteiger partial charge in [-0.25, -0.2) is 24.4 Å². The quantitative estimate of drug-likeness (QED) is 0.00795. The Morgan fingerprint density at radius 2 is 0.578 bits per heavy atom. The number of para-hydroxylation sites is 10. The van der Waals surface area contributed by atoms with Crippen LogP contribution in [-0.4, -0.2) is 124 Å². The standard InChI is InChI=1S/C15H18F3N5O3.C15H18F3N5O2.C14H20N4O.C13H19N5O2.C13H19N5O/c16-15(17,18)13(24)19-9-5-1-2-6-10-20-14-21-23(26)12-8-4-3-7-11(12)22(14)25;16-15(17,18)13(24)19-9-5-1-2-6-10-20-14-21-11-7-3-4-8-12(11)23(25)22-14;1-2-3-4-5-8-11-15-14-16-12-9-6-7-10-13(12)18(19)17-14;14-9-5-1-2-6-10-15-13-16-18(20)12-8-4-3-7-11(12)17(13)19;14-9-5-1-2-6-10-15-13-16-11-7-3-4-8-12(11)18(19)17-13/h3-4,7-8H,1-2,5-6,9-10H2,(H,19,24)(H,20,21);3-4,7-8H,1-2,5-6,9-10H2,(H,19,24)(H,20,21,22);6-7,9-10H,2-5,8,11H2,1H3,(H,15,16,17);3-4,7-8H,1-2,5-6,9-10,14H2,(H,15,16);3-4,7-8H,1-2,5-6,9-10,14H2,(H,15,16,17). The zero-order chi connectivity index (χ0) is 78.8. The molecule has 0 aliphatic heterocycles. The molecule has 590 valence electrons. The molecule has 10 rings (SSSR count). The maximum atomic E-state index is 12.1. The molecule has 0 bridgehead atoms. The second kappa shape index (κ2) is 46.5. The number of halogens is 6. The van der Waals surface area contributed by atoms with Crippen molar-refractivity contribution in [1.29, 1.82) is 0 Å². The molecule has 5 aromatic heterocycles. The predicted molar refractivity (Wildman–Crippen MR) is 396 cm³/mol. The predicted octanol–water partition coefficient (Wildman–Crippen LogP) is 7.34. The fourth-order valence-corrected chi connectivity index (χ4v) is 10.4. The van der Waals surface area contributed by atoms with Crippen LogP contribution < -0.4 is 82.4 Å². The van der Waals surface area contributed by atoms with E-state index in [1.807, 2.05) is 23.5 Å². The fraction of sp³-hybridized carbons (Fsp3) is 0.471. The minimum Gasteiger partial charge on any atom is -0.739 e. The van der Waals surface area contributed by atoms with E-state index in [1.165, 1.54) is 37.8 Å². The molecule has 0 fully saturated rings. The van der Waals surface area contributed by atoms with Crippen LogP contribution in [0.3, 0.4) is 0 Å². The van der Waals surface area contributed by atoms with E-state index >= 15 is 0 Å². The number of alkyl halides is 6. The Morgan fingerprint density at radius 3 is 0.872 bits per heavy atom. The third-order valence-corrected chi connectivity index (χ3v) is 16.1. The molecule has 39 heteroatoms. The number of aromatic nitrogens is 15. The number of fused-ring (bicyclic) bond motifs is 5. The van der Waals surface area contributed by atoms with Crippen LogP contribution in [0.25, 0.3) is 55.2 Å². The summed E-state index contributed by atoms with van der Waals surface area (Å²) in [5.41, 5.74) is 15.0. The van der Waals surface area contributed by atoms with Gasteiger partial charge in [0.2, 0.25) is 10.2 Å².